The fraction of sp³-hybridized carbons (Fsp3) is 0.700. The first kappa shape index (κ1) is 18.2. The zero-order chi connectivity index (χ0) is 15.3. The summed E-state index contributed by atoms with van der Waals surface area (Å²) in [6.45, 7) is 7.81. The SMILES string of the molecule is CCCCCC(CCCCC)NCc1ccc(CC)cc1. The van der Waals surface area contributed by atoms with Crippen molar-refractivity contribution in [3.8, 4) is 0 Å². The van der Waals surface area contributed by atoms with E-state index in [0.717, 1.165) is 13.0 Å². The highest BCUT2D eigenvalue weighted by Crippen LogP contribution is 2.12. The predicted octanol–water partition coefficient (Wildman–Crippen LogP) is 5.87. The second-order valence-corrected chi connectivity index (χ2v) is 6.24. The molecule has 1 nitrogen and oxygen atoms in total. The normalized spacial score (nSPS) is 11.2. The number of aryl methyl sites for hydroxylation is 1. The van der Waals surface area contributed by atoms with E-state index in [0.29, 0.717) is 6.04 Å². The molecule has 0 heterocycles. The van der Waals surface area contributed by atoms with E-state index in [4.69, 9.17) is 0 Å². The Hall–Kier alpha value is -0.820. The van der Waals surface area contributed by atoms with Crippen LogP contribution in [0.2, 0.25) is 0 Å². The Kier molecular flexibility index (Phi) is 10.2. The number of nitrogens with one attached hydrogen (secondary N) is 1. The number of hydrogen-bond acceptors (Lipinski definition) is 1. The van der Waals surface area contributed by atoms with Gasteiger partial charge < -0.3 is 5.32 Å². The summed E-state index contributed by atoms with van der Waals surface area (Å²) in [6, 6.07) is 9.79. The molecular formula is C20H35N. The molecule has 0 aliphatic rings. The summed E-state index contributed by atoms with van der Waals surface area (Å²) in [5.74, 6) is 0. The van der Waals surface area contributed by atoms with Gasteiger partial charge in [0.05, 0.1) is 0 Å². The molecule has 0 bridgehead atoms. The van der Waals surface area contributed by atoms with Crippen molar-refractivity contribution in [2.75, 3.05) is 0 Å². The molecular weight excluding hydrogens is 254 g/mol. The Bertz CT molecular complexity index is 331. The lowest BCUT2D eigenvalue weighted by Gasteiger charge is -2.19. The van der Waals surface area contributed by atoms with Gasteiger partial charge in [-0.15, -0.1) is 0 Å². The van der Waals surface area contributed by atoms with Crippen LogP contribution in [0.4, 0.5) is 0 Å². The molecule has 0 aliphatic heterocycles. The van der Waals surface area contributed by atoms with Crippen LogP contribution in [-0.2, 0) is 13.0 Å². The molecule has 0 spiro atoms. The van der Waals surface area contributed by atoms with Gasteiger partial charge in [-0.05, 0) is 30.4 Å². The largest absolute Gasteiger partial charge is 0.310 e. The molecule has 0 aliphatic carbocycles. The third-order valence-electron chi connectivity index (χ3n) is 4.34. The van der Waals surface area contributed by atoms with Crippen LogP contribution in [0, 0.1) is 0 Å². The van der Waals surface area contributed by atoms with Crippen molar-refractivity contribution >= 4 is 0 Å². The highest BCUT2D eigenvalue weighted by molar-refractivity contribution is 5.22. The average molecular weight is 290 g/mol. The maximum absolute atomic E-state index is 3.79. The number of unbranched alkanes of at least 4 members (excludes halogenated alkanes) is 4. The minimum Gasteiger partial charge on any atom is -0.310 e. The molecule has 1 rings (SSSR count). The lowest BCUT2D eigenvalue weighted by Crippen LogP contribution is -2.28. The summed E-state index contributed by atoms with van der Waals surface area (Å²) in [5, 5.41) is 3.79. The fourth-order valence-electron chi connectivity index (χ4n) is 2.78. The van der Waals surface area contributed by atoms with Gasteiger partial charge in [0.15, 0.2) is 0 Å². The molecule has 0 fully saturated rings. The number of rotatable bonds is 12. The van der Waals surface area contributed by atoms with E-state index in [-0.39, 0.29) is 0 Å². The van der Waals surface area contributed by atoms with Crippen LogP contribution in [0.1, 0.15) is 83.3 Å². The summed E-state index contributed by atoms with van der Waals surface area (Å²) in [4.78, 5) is 0. The standard InChI is InChI=1S/C20H35N/c1-4-7-9-11-20(12-10-8-5-2)21-17-19-15-13-18(6-3)14-16-19/h13-16,20-21H,4-12,17H2,1-3H3. The molecule has 0 aromatic heterocycles. The van der Waals surface area contributed by atoms with Gasteiger partial charge in [0.2, 0.25) is 0 Å². The van der Waals surface area contributed by atoms with Gasteiger partial charge in [-0.2, -0.15) is 0 Å². The first-order valence-electron chi connectivity index (χ1n) is 9.11. The van der Waals surface area contributed by atoms with Crippen molar-refractivity contribution < 1.29 is 0 Å². The van der Waals surface area contributed by atoms with Gasteiger partial charge in [-0.25, -0.2) is 0 Å². The van der Waals surface area contributed by atoms with Gasteiger partial charge in [-0.3, -0.25) is 0 Å². The van der Waals surface area contributed by atoms with Crippen LogP contribution < -0.4 is 5.32 Å². The molecule has 1 aromatic carbocycles. The maximum Gasteiger partial charge on any atom is 0.0208 e. The van der Waals surface area contributed by atoms with Crippen LogP contribution >= 0.6 is 0 Å². The molecule has 1 aromatic rings. The predicted molar refractivity (Wildman–Crippen MR) is 94.7 cm³/mol. The Morgan fingerprint density at radius 1 is 0.762 bits per heavy atom. The van der Waals surface area contributed by atoms with E-state index < -0.39 is 0 Å². The topological polar surface area (TPSA) is 12.0 Å². The molecule has 1 N–H and O–H groups in total. The van der Waals surface area contributed by atoms with Crippen LogP contribution in [0.15, 0.2) is 24.3 Å². The summed E-state index contributed by atoms with van der Waals surface area (Å²) in [5.41, 5.74) is 2.85. The third-order valence-corrected chi connectivity index (χ3v) is 4.34. The van der Waals surface area contributed by atoms with Crippen molar-refractivity contribution in [1.29, 1.82) is 0 Å². The first-order chi connectivity index (χ1) is 10.3. The van der Waals surface area contributed by atoms with Gasteiger partial charge >= 0.3 is 0 Å². The highest BCUT2D eigenvalue weighted by atomic mass is 14.9. The second kappa shape index (κ2) is 11.8. The van der Waals surface area contributed by atoms with Gasteiger partial charge in [0.25, 0.3) is 0 Å². The zero-order valence-electron chi connectivity index (χ0n) is 14.5. The molecule has 0 atom stereocenters. The van der Waals surface area contributed by atoms with Crippen LogP contribution in [0.3, 0.4) is 0 Å². The number of benzene rings is 1. The molecule has 0 saturated heterocycles. The molecule has 0 unspecified atom stereocenters. The Labute approximate surface area is 132 Å². The van der Waals surface area contributed by atoms with E-state index in [1.807, 2.05) is 0 Å². The van der Waals surface area contributed by atoms with Crippen molar-refractivity contribution in [2.24, 2.45) is 0 Å². The third kappa shape index (κ3) is 8.26. The average Bonchev–Trinajstić information content (AvgIpc) is 2.53. The monoisotopic (exact) mass is 289 g/mol. The second-order valence-electron chi connectivity index (χ2n) is 6.24. The lowest BCUT2D eigenvalue weighted by atomic mass is 10.0. The number of hydrogen-bond donors (Lipinski definition) is 1. The fourth-order valence-corrected chi connectivity index (χ4v) is 2.78. The van der Waals surface area contributed by atoms with Crippen LogP contribution in [0.25, 0.3) is 0 Å². The van der Waals surface area contributed by atoms with Crippen molar-refractivity contribution in [1.82, 2.24) is 5.32 Å². The van der Waals surface area contributed by atoms with E-state index in [9.17, 15) is 0 Å². The van der Waals surface area contributed by atoms with E-state index in [1.165, 1.54) is 62.5 Å². The summed E-state index contributed by atoms with van der Waals surface area (Å²) in [7, 11) is 0. The summed E-state index contributed by atoms with van der Waals surface area (Å²) >= 11 is 0. The summed E-state index contributed by atoms with van der Waals surface area (Å²) in [6.07, 6.45) is 11.9. The minimum absolute atomic E-state index is 0.703. The Balaban J connectivity index is 2.38. The molecule has 0 radical (unpaired) electrons. The van der Waals surface area contributed by atoms with E-state index in [2.05, 4.69) is 50.4 Å². The van der Waals surface area contributed by atoms with E-state index >= 15 is 0 Å². The minimum atomic E-state index is 0.703. The maximum atomic E-state index is 3.79. The van der Waals surface area contributed by atoms with Crippen molar-refractivity contribution in [3.63, 3.8) is 0 Å². The van der Waals surface area contributed by atoms with Gasteiger partial charge in [0.1, 0.15) is 0 Å². The molecule has 120 valence electrons. The highest BCUT2D eigenvalue weighted by Gasteiger charge is 2.07. The van der Waals surface area contributed by atoms with Crippen LogP contribution in [0.5, 0.6) is 0 Å². The molecule has 21 heavy (non-hydrogen) atoms. The zero-order valence-corrected chi connectivity index (χ0v) is 14.5. The van der Waals surface area contributed by atoms with Crippen LogP contribution in [-0.4, -0.2) is 6.04 Å². The van der Waals surface area contributed by atoms with Crippen molar-refractivity contribution in [2.45, 2.75) is 91.1 Å². The Morgan fingerprint density at radius 2 is 1.29 bits per heavy atom. The summed E-state index contributed by atoms with van der Waals surface area (Å²) < 4.78 is 0. The lowest BCUT2D eigenvalue weighted by molar-refractivity contribution is 0.417. The van der Waals surface area contributed by atoms with Crippen molar-refractivity contribution in [3.05, 3.63) is 35.4 Å². The molecule has 1 heteroatoms. The Morgan fingerprint density at radius 3 is 1.76 bits per heavy atom. The molecule has 0 saturated carbocycles. The first-order valence-corrected chi connectivity index (χ1v) is 9.11. The van der Waals surface area contributed by atoms with Gasteiger partial charge in [-0.1, -0.05) is 83.6 Å². The quantitative estimate of drug-likeness (QED) is 0.475. The smallest absolute Gasteiger partial charge is 0.0208 e. The van der Waals surface area contributed by atoms with E-state index in [1.54, 1.807) is 0 Å². The molecule has 0 amide bonds. The van der Waals surface area contributed by atoms with Gasteiger partial charge in [0, 0.05) is 12.6 Å².